The molecule has 0 spiro atoms. The minimum Gasteiger partial charge on any atom is -0.489 e. The molecule has 4 N–H and O–H groups in total. The number of carbonyl (C=O) groups is 1. The predicted octanol–water partition coefficient (Wildman–Crippen LogP) is 3.95. The first-order chi connectivity index (χ1) is 22.1. The lowest BCUT2D eigenvalue weighted by atomic mass is 10.0. The molecule has 46 heavy (non-hydrogen) atoms. The third-order valence-electron chi connectivity index (χ3n) is 8.09. The summed E-state index contributed by atoms with van der Waals surface area (Å²) in [6, 6.07) is 22.4. The fraction of sp³-hybridized carbons (Fsp3) is 0.441. The van der Waals surface area contributed by atoms with Crippen molar-refractivity contribution in [3.63, 3.8) is 0 Å². The largest absolute Gasteiger partial charge is 0.489 e. The molecule has 2 fully saturated rings. The van der Waals surface area contributed by atoms with Crippen LogP contribution in [0.5, 0.6) is 5.75 Å². The summed E-state index contributed by atoms with van der Waals surface area (Å²) >= 11 is 0. The van der Waals surface area contributed by atoms with Crippen molar-refractivity contribution in [1.29, 1.82) is 0 Å². The summed E-state index contributed by atoms with van der Waals surface area (Å²) < 4.78 is 51.4. The number of nitrogen functional groups attached to an aromatic ring is 1. The Balaban J connectivity index is 1.31. The average Bonchev–Trinajstić information content (AvgIpc) is 3.65. The zero-order valence-corrected chi connectivity index (χ0v) is 27.0. The first-order valence-electron chi connectivity index (χ1n) is 15.6. The Labute approximate surface area is 270 Å². The van der Waals surface area contributed by atoms with Gasteiger partial charge in [-0.15, -0.1) is 0 Å². The van der Waals surface area contributed by atoms with Crippen LogP contribution in [0.2, 0.25) is 0 Å². The molecule has 3 aromatic rings. The van der Waals surface area contributed by atoms with Gasteiger partial charge in [0.2, 0.25) is 10.0 Å². The fourth-order valence-corrected chi connectivity index (χ4v) is 7.39. The number of benzene rings is 3. The van der Waals surface area contributed by atoms with Crippen molar-refractivity contribution in [3.05, 3.63) is 90.0 Å². The van der Waals surface area contributed by atoms with E-state index in [-0.39, 0.29) is 49.1 Å². The minimum absolute atomic E-state index is 0.0323. The van der Waals surface area contributed by atoms with Gasteiger partial charge in [0, 0.05) is 18.8 Å². The molecule has 2 heterocycles. The van der Waals surface area contributed by atoms with E-state index in [1.165, 1.54) is 16.4 Å². The molecule has 0 bridgehead atoms. The van der Waals surface area contributed by atoms with E-state index in [0.717, 1.165) is 17.5 Å². The zero-order chi connectivity index (χ0) is 32.7. The number of aliphatic hydroxyl groups excluding tert-OH is 1. The molecule has 5 unspecified atom stereocenters. The molecule has 11 nitrogen and oxygen atoms in total. The van der Waals surface area contributed by atoms with Crippen LogP contribution in [0.15, 0.2) is 83.8 Å². The van der Waals surface area contributed by atoms with E-state index in [2.05, 4.69) is 5.32 Å². The van der Waals surface area contributed by atoms with Crippen LogP contribution in [0.25, 0.3) is 0 Å². The van der Waals surface area contributed by atoms with Crippen molar-refractivity contribution in [3.8, 4) is 5.75 Å². The third kappa shape index (κ3) is 8.77. The van der Waals surface area contributed by atoms with Crippen LogP contribution in [0.4, 0.5) is 10.5 Å². The van der Waals surface area contributed by atoms with Crippen molar-refractivity contribution >= 4 is 21.8 Å². The highest BCUT2D eigenvalue weighted by atomic mass is 32.2. The number of nitrogens with one attached hydrogen (secondary N) is 1. The Morgan fingerprint density at radius 3 is 2.50 bits per heavy atom. The molecule has 2 aliphatic heterocycles. The van der Waals surface area contributed by atoms with Gasteiger partial charge >= 0.3 is 6.09 Å². The molecule has 1 amide bonds. The van der Waals surface area contributed by atoms with Gasteiger partial charge in [0.05, 0.1) is 36.2 Å². The number of alkyl carbamates (subject to hydrolysis) is 1. The maximum Gasteiger partial charge on any atom is 0.407 e. The highest BCUT2D eigenvalue weighted by molar-refractivity contribution is 7.89. The number of anilines is 1. The Morgan fingerprint density at radius 1 is 1.02 bits per heavy atom. The van der Waals surface area contributed by atoms with E-state index >= 15 is 0 Å². The number of nitrogens with two attached hydrogens (primary N) is 1. The van der Waals surface area contributed by atoms with E-state index < -0.39 is 34.4 Å². The monoisotopic (exact) mass is 653 g/mol. The van der Waals surface area contributed by atoms with Gasteiger partial charge in [0.25, 0.3) is 0 Å². The topological polar surface area (TPSA) is 150 Å². The van der Waals surface area contributed by atoms with Crippen LogP contribution < -0.4 is 15.8 Å². The number of hydrogen-bond donors (Lipinski definition) is 3. The molecule has 3 aromatic carbocycles. The highest BCUT2D eigenvalue weighted by Gasteiger charge is 2.44. The number of aliphatic hydroxyl groups is 1. The Morgan fingerprint density at radius 2 is 1.78 bits per heavy atom. The van der Waals surface area contributed by atoms with Gasteiger partial charge in [0.1, 0.15) is 18.5 Å². The van der Waals surface area contributed by atoms with Crippen molar-refractivity contribution in [2.75, 3.05) is 32.0 Å². The SMILES string of the molecule is CC(C)CN(CC(O)C(Cc1ccc(OCc2ccccc2)cc1)NC(=O)OC1COC2OCCC12)S(=O)(=O)c1cccc(N)c1. The molecule has 12 heteroatoms. The molecule has 0 aromatic heterocycles. The molecule has 0 saturated carbocycles. The summed E-state index contributed by atoms with van der Waals surface area (Å²) in [6.45, 7) is 4.86. The number of hydrogen-bond acceptors (Lipinski definition) is 9. The summed E-state index contributed by atoms with van der Waals surface area (Å²) in [7, 11) is -4.01. The third-order valence-corrected chi connectivity index (χ3v) is 9.92. The number of sulfonamides is 1. The van der Waals surface area contributed by atoms with Gasteiger partial charge in [-0.25, -0.2) is 13.2 Å². The molecule has 0 aliphatic carbocycles. The van der Waals surface area contributed by atoms with E-state index in [0.29, 0.717) is 24.7 Å². The van der Waals surface area contributed by atoms with Gasteiger partial charge in [-0.1, -0.05) is 62.4 Å². The predicted molar refractivity (Wildman–Crippen MR) is 172 cm³/mol. The molecule has 5 atom stereocenters. The van der Waals surface area contributed by atoms with E-state index in [1.54, 1.807) is 12.1 Å². The first-order valence-corrected chi connectivity index (χ1v) is 17.0. The van der Waals surface area contributed by atoms with Gasteiger partial charge in [0.15, 0.2) is 6.29 Å². The smallest absolute Gasteiger partial charge is 0.407 e. The molecule has 248 valence electrons. The quantitative estimate of drug-likeness (QED) is 0.220. The highest BCUT2D eigenvalue weighted by Crippen LogP contribution is 2.33. The zero-order valence-electron chi connectivity index (χ0n) is 26.2. The summed E-state index contributed by atoms with van der Waals surface area (Å²) in [5, 5.41) is 14.4. The number of fused-ring (bicyclic) bond motifs is 1. The number of ether oxygens (including phenoxy) is 4. The van der Waals surface area contributed by atoms with Crippen LogP contribution in [0.3, 0.4) is 0 Å². The number of amides is 1. The molecule has 2 aliphatic rings. The van der Waals surface area contributed by atoms with Crippen molar-refractivity contribution in [2.24, 2.45) is 11.8 Å². The molecule has 5 rings (SSSR count). The second kappa shape index (κ2) is 15.3. The summed E-state index contributed by atoms with van der Waals surface area (Å²) in [5.41, 5.74) is 8.05. The Bertz CT molecular complexity index is 1540. The Hall–Kier alpha value is -3.68. The van der Waals surface area contributed by atoms with Crippen molar-refractivity contribution in [2.45, 2.75) is 62.7 Å². The van der Waals surface area contributed by atoms with Crippen LogP contribution in [0, 0.1) is 11.8 Å². The lowest BCUT2D eigenvalue weighted by Crippen LogP contribution is -2.51. The van der Waals surface area contributed by atoms with Gasteiger partial charge < -0.3 is 35.1 Å². The van der Waals surface area contributed by atoms with Crippen LogP contribution in [-0.4, -0.2) is 74.8 Å². The summed E-state index contributed by atoms with van der Waals surface area (Å²) in [6.07, 6.45) is -1.93. The van der Waals surface area contributed by atoms with Gasteiger partial charge in [-0.05, 0) is 60.2 Å². The maximum atomic E-state index is 13.7. The van der Waals surface area contributed by atoms with E-state index in [1.807, 2.05) is 68.4 Å². The standard InChI is InChI=1S/C34H43N3O8S/c1-23(2)19-37(46(40,41)28-10-6-9-26(35)18-28)20-31(38)30(36-34(39)45-32-22-44-33-29(32)15-16-42-33)17-24-11-13-27(14-12-24)43-21-25-7-4-3-5-8-25/h3-14,18,23,29-33,38H,15-17,19-22,35H2,1-2H3,(H,36,39). The van der Waals surface area contributed by atoms with E-state index in [9.17, 15) is 18.3 Å². The van der Waals surface area contributed by atoms with Crippen molar-refractivity contribution in [1.82, 2.24) is 9.62 Å². The number of carbonyl (C=O) groups excluding carboxylic acids is 1. The van der Waals surface area contributed by atoms with Crippen LogP contribution >= 0.6 is 0 Å². The van der Waals surface area contributed by atoms with Crippen LogP contribution in [0.1, 0.15) is 31.4 Å². The van der Waals surface area contributed by atoms with Crippen LogP contribution in [-0.2, 0) is 37.3 Å². The normalized spacial score (nSPS) is 20.8. The maximum absolute atomic E-state index is 13.7. The lowest BCUT2D eigenvalue weighted by molar-refractivity contribution is -0.0907. The molecular formula is C34H43N3O8S. The molecule has 2 saturated heterocycles. The summed E-state index contributed by atoms with van der Waals surface area (Å²) in [5.74, 6) is 0.581. The molecule has 0 radical (unpaired) electrons. The molecular weight excluding hydrogens is 610 g/mol. The second-order valence-electron chi connectivity index (χ2n) is 12.2. The summed E-state index contributed by atoms with van der Waals surface area (Å²) in [4.78, 5) is 13.2. The Kier molecular flexibility index (Phi) is 11.2. The lowest BCUT2D eigenvalue weighted by Gasteiger charge is -2.31. The van der Waals surface area contributed by atoms with Gasteiger partial charge in [-0.2, -0.15) is 4.31 Å². The second-order valence-corrected chi connectivity index (χ2v) is 14.1. The first kappa shape index (κ1) is 33.7. The average molecular weight is 654 g/mol. The van der Waals surface area contributed by atoms with Crippen molar-refractivity contribution < 1.29 is 37.3 Å². The fourth-order valence-electron chi connectivity index (χ4n) is 5.71. The van der Waals surface area contributed by atoms with E-state index in [4.69, 9.17) is 24.7 Å². The number of nitrogens with zero attached hydrogens (tertiary/aromatic N) is 1. The number of rotatable bonds is 14. The van der Waals surface area contributed by atoms with Gasteiger partial charge in [-0.3, -0.25) is 0 Å². The minimum atomic E-state index is -4.01.